The molecule has 0 amide bonds. The predicted octanol–water partition coefficient (Wildman–Crippen LogP) is 4.18. The van der Waals surface area contributed by atoms with E-state index in [0.717, 1.165) is 18.4 Å². The van der Waals surface area contributed by atoms with Crippen LogP contribution in [0.4, 0.5) is 0 Å². The molecule has 0 heterocycles. The van der Waals surface area contributed by atoms with Crippen molar-refractivity contribution in [3.05, 3.63) is 47.5 Å². The molecule has 122 valence electrons. The van der Waals surface area contributed by atoms with Gasteiger partial charge in [-0.2, -0.15) is 0 Å². The zero-order valence-corrected chi connectivity index (χ0v) is 14.0. The summed E-state index contributed by atoms with van der Waals surface area (Å²) in [6.45, 7) is 6.67. The molecule has 0 saturated heterocycles. The average Bonchev–Trinajstić information content (AvgIpc) is 2.56. The number of ether oxygens (including phenoxy) is 1. The maximum atomic E-state index is 12.8. The van der Waals surface area contributed by atoms with Gasteiger partial charge in [0.2, 0.25) is 0 Å². The van der Waals surface area contributed by atoms with Crippen LogP contribution in [-0.4, -0.2) is 17.9 Å². The molecule has 0 aliphatic heterocycles. The van der Waals surface area contributed by atoms with Gasteiger partial charge in [0.1, 0.15) is 0 Å². The third-order valence-electron chi connectivity index (χ3n) is 5.91. The Morgan fingerprint density at radius 1 is 1.22 bits per heavy atom. The van der Waals surface area contributed by atoms with Gasteiger partial charge in [0.15, 0.2) is 11.9 Å². The summed E-state index contributed by atoms with van der Waals surface area (Å²) < 4.78 is 5.52. The lowest BCUT2D eigenvalue weighted by Crippen LogP contribution is -2.46. The number of fused-ring (bicyclic) bond motifs is 1. The summed E-state index contributed by atoms with van der Waals surface area (Å²) in [5.74, 6) is 0.643. The third-order valence-corrected chi connectivity index (χ3v) is 5.91. The Kier molecular flexibility index (Phi) is 4.13. The average molecular weight is 312 g/mol. The number of ketones is 1. The third kappa shape index (κ3) is 2.73. The van der Waals surface area contributed by atoms with E-state index in [-0.39, 0.29) is 11.2 Å². The molecule has 23 heavy (non-hydrogen) atoms. The highest BCUT2D eigenvalue weighted by Crippen LogP contribution is 2.51. The van der Waals surface area contributed by atoms with Gasteiger partial charge in [0.05, 0.1) is 5.56 Å². The maximum Gasteiger partial charge on any atom is 0.338 e. The number of allylic oxidation sites excluding steroid dienone is 1. The minimum atomic E-state index is -0.636. The number of carbonyl (C=O) groups is 2. The smallest absolute Gasteiger partial charge is 0.338 e. The molecule has 0 bridgehead atoms. The van der Waals surface area contributed by atoms with Crippen LogP contribution in [0.2, 0.25) is 0 Å². The van der Waals surface area contributed by atoms with Gasteiger partial charge < -0.3 is 4.74 Å². The second-order valence-electron chi connectivity index (χ2n) is 7.20. The molecule has 0 spiro atoms. The number of rotatable bonds is 2. The molecule has 0 N–H and O–H groups in total. The standard InChI is InChI=1S/C20H24O3/c1-13-9-10-16-18(21)17(11-12-20(16,3)14(13)2)23-19(22)15-7-5-4-6-8-15/h4-8,10,13-14,17H,9,11-12H2,1-3H3/t13?,14?,17-,20+/m0/s1. The number of Topliss-reactive ketones (excluding diaryl/α,β-unsaturated/α-hetero) is 1. The first kappa shape index (κ1) is 16.0. The fourth-order valence-corrected chi connectivity index (χ4v) is 3.98. The molecule has 3 heteroatoms. The Balaban J connectivity index is 1.78. The second kappa shape index (κ2) is 5.95. The van der Waals surface area contributed by atoms with Crippen molar-refractivity contribution in [2.75, 3.05) is 0 Å². The first-order valence-electron chi connectivity index (χ1n) is 8.44. The molecular weight excluding hydrogens is 288 g/mol. The predicted molar refractivity (Wildman–Crippen MR) is 89.0 cm³/mol. The summed E-state index contributed by atoms with van der Waals surface area (Å²) in [4.78, 5) is 25.1. The molecule has 1 aromatic rings. The van der Waals surface area contributed by atoms with E-state index in [2.05, 4.69) is 26.8 Å². The van der Waals surface area contributed by atoms with Crippen LogP contribution in [0, 0.1) is 17.3 Å². The second-order valence-corrected chi connectivity index (χ2v) is 7.20. The van der Waals surface area contributed by atoms with Crippen LogP contribution in [-0.2, 0) is 9.53 Å². The molecule has 1 aromatic carbocycles. The number of carbonyl (C=O) groups excluding carboxylic acids is 2. The maximum absolute atomic E-state index is 12.8. The van der Waals surface area contributed by atoms with E-state index >= 15 is 0 Å². The van der Waals surface area contributed by atoms with Crippen LogP contribution in [0.5, 0.6) is 0 Å². The van der Waals surface area contributed by atoms with Crippen molar-refractivity contribution in [2.45, 2.75) is 46.1 Å². The van der Waals surface area contributed by atoms with Crippen molar-refractivity contribution in [2.24, 2.45) is 17.3 Å². The van der Waals surface area contributed by atoms with E-state index in [1.54, 1.807) is 24.3 Å². The lowest BCUT2D eigenvalue weighted by molar-refractivity contribution is -0.129. The minimum absolute atomic E-state index is 0.00165. The van der Waals surface area contributed by atoms with Gasteiger partial charge in [0, 0.05) is 5.57 Å². The molecule has 2 aliphatic rings. The molecule has 3 rings (SSSR count). The van der Waals surface area contributed by atoms with Crippen LogP contribution in [0.15, 0.2) is 42.0 Å². The van der Waals surface area contributed by atoms with Crippen molar-refractivity contribution < 1.29 is 14.3 Å². The first-order chi connectivity index (χ1) is 10.9. The number of esters is 1. The molecule has 0 radical (unpaired) electrons. The van der Waals surface area contributed by atoms with Crippen molar-refractivity contribution in [3.63, 3.8) is 0 Å². The van der Waals surface area contributed by atoms with E-state index in [4.69, 9.17) is 4.74 Å². The van der Waals surface area contributed by atoms with Gasteiger partial charge in [-0.15, -0.1) is 0 Å². The Morgan fingerprint density at radius 3 is 2.61 bits per heavy atom. The van der Waals surface area contributed by atoms with Gasteiger partial charge in [-0.3, -0.25) is 4.79 Å². The fraction of sp³-hybridized carbons (Fsp3) is 0.500. The van der Waals surface area contributed by atoms with Gasteiger partial charge in [-0.05, 0) is 48.6 Å². The van der Waals surface area contributed by atoms with E-state index in [0.29, 0.717) is 23.8 Å². The Bertz CT molecular complexity index is 646. The van der Waals surface area contributed by atoms with Crippen molar-refractivity contribution in [1.82, 2.24) is 0 Å². The van der Waals surface area contributed by atoms with Gasteiger partial charge in [-0.25, -0.2) is 4.79 Å². The lowest BCUT2D eigenvalue weighted by Gasteiger charge is -2.47. The SMILES string of the molecule is CC1CC=C2C(=O)[C@@H](OC(=O)c3ccccc3)CC[C@]2(C)C1C. The van der Waals surface area contributed by atoms with E-state index in [1.165, 1.54) is 0 Å². The van der Waals surface area contributed by atoms with Gasteiger partial charge >= 0.3 is 5.97 Å². The molecule has 0 aromatic heterocycles. The molecular formula is C20H24O3. The summed E-state index contributed by atoms with van der Waals surface area (Å²) >= 11 is 0. The zero-order chi connectivity index (χ0) is 16.6. The van der Waals surface area contributed by atoms with Gasteiger partial charge in [-0.1, -0.05) is 45.0 Å². The largest absolute Gasteiger partial charge is 0.450 e. The number of benzene rings is 1. The minimum Gasteiger partial charge on any atom is -0.450 e. The Labute approximate surface area is 137 Å². The van der Waals surface area contributed by atoms with Crippen LogP contribution >= 0.6 is 0 Å². The summed E-state index contributed by atoms with van der Waals surface area (Å²) in [6.07, 6.45) is 3.88. The molecule has 2 unspecified atom stereocenters. The Hall–Kier alpha value is -1.90. The number of hydrogen-bond acceptors (Lipinski definition) is 3. The van der Waals surface area contributed by atoms with Crippen molar-refractivity contribution in [3.8, 4) is 0 Å². The highest BCUT2D eigenvalue weighted by atomic mass is 16.5. The molecule has 3 nitrogen and oxygen atoms in total. The Morgan fingerprint density at radius 2 is 1.91 bits per heavy atom. The summed E-state index contributed by atoms with van der Waals surface area (Å²) in [6, 6.07) is 8.86. The zero-order valence-electron chi connectivity index (χ0n) is 14.0. The van der Waals surface area contributed by atoms with Gasteiger partial charge in [0.25, 0.3) is 0 Å². The van der Waals surface area contributed by atoms with Crippen molar-refractivity contribution >= 4 is 11.8 Å². The topological polar surface area (TPSA) is 43.4 Å². The van der Waals surface area contributed by atoms with E-state index in [1.807, 2.05) is 6.07 Å². The normalized spacial score (nSPS) is 33.6. The number of hydrogen-bond donors (Lipinski definition) is 0. The molecule has 2 aliphatic carbocycles. The van der Waals surface area contributed by atoms with E-state index in [9.17, 15) is 9.59 Å². The molecule has 1 fully saturated rings. The summed E-state index contributed by atoms with van der Waals surface area (Å²) in [7, 11) is 0. The van der Waals surface area contributed by atoms with Crippen LogP contribution in [0.3, 0.4) is 0 Å². The van der Waals surface area contributed by atoms with Crippen LogP contribution in [0.1, 0.15) is 50.4 Å². The van der Waals surface area contributed by atoms with Crippen LogP contribution < -0.4 is 0 Å². The highest BCUT2D eigenvalue weighted by Gasteiger charge is 2.48. The quantitative estimate of drug-likeness (QED) is 0.769. The van der Waals surface area contributed by atoms with Crippen LogP contribution in [0.25, 0.3) is 0 Å². The summed E-state index contributed by atoms with van der Waals surface area (Å²) in [5, 5.41) is 0. The molecule has 4 atom stereocenters. The van der Waals surface area contributed by atoms with Crippen molar-refractivity contribution in [1.29, 1.82) is 0 Å². The first-order valence-corrected chi connectivity index (χ1v) is 8.44. The van der Waals surface area contributed by atoms with E-state index < -0.39 is 12.1 Å². The molecule has 1 saturated carbocycles. The fourth-order valence-electron chi connectivity index (χ4n) is 3.98. The monoisotopic (exact) mass is 312 g/mol. The summed E-state index contributed by atoms with van der Waals surface area (Å²) in [5.41, 5.74) is 1.29. The lowest BCUT2D eigenvalue weighted by atomic mass is 9.57. The highest BCUT2D eigenvalue weighted by molar-refractivity contribution is 6.03.